The van der Waals surface area contributed by atoms with Crippen molar-refractivity contribution in [2.45, 2.75) is 20.0 Å². The molecule has 0 spiro atoms. The second kappa shape index (κ2) is 6.89. The van der Waals surface area contributed by atoms with Crippen LogP contribution in [0.5, 0.6) is 5.75 Å². The molecule has 2 rings (SSSR count). The maximum Gasteiger partial charge on any atom is 0.336 e. The molecule has 114 valence electrons. The van der Waals surface area contributed by atoms with Crippen LogP contribution in [0.2, 0.25) is 0 Å². The van der Waals surface area contributed by atoms with Crippen LogP contribution in [0.4, 0.5) is 4.39 Å². The van der Waals surface area contributed by atoms with Gasteiger partial charge in [0.15, 0.2) is 0 Å². The zero-order valence-corrected chi connectivity index (χ0v) is 12.4. The number of benzene rings is 2. The molecule has 0 saturated heterocycles. The number of rotatable bonds is 5. The Bertz CT molecular complexity index is 688. The maximum atomic E-state index is 13.0. The topological polar surface area (TPSA) is 46.5 Å². The van der Waals surface area contributed by atoms with Gasteiger partial charge < -0.3 is 9.84 Å². The van der Waals surface area contributed by atoms with E-state index < -0.39 is 11.8 Å². The third-order valence-corrected chi connectivity index (χ3v) is 2.97. The summed E-state index contributed by atoms with van der Waals surface area (Å²) in [6.45, 7) is 3.80. The summed E-state index contributed by atoms with van der Waals surface area (Å²) in [5.41, 5.74) is 1.19. The second-order valence-electron chi connectivity index (χ2n) is 5.07. The maximum absolute atomic E-state index is 13.0. The highest BCUT2D eigenvalue weighted by molar-refractivity contribution is 6.20. The van der Waals surface area contributed by atoms with Gasteiger partial charge >= 0.3 is 5.97 Å². The average molecular weight is 300 g/mol. The van der Waals surface area contributed by atoms with E-state index in [-0.39, 0.29) is 11.7 Å². The smallest absolute Gasteiger partial charge is 0.336 e. The third kappa shape index (κ3) is 3.95. The quantitative estimate of drug-likeness (QED) is 0.663. The van der Waals surface area contributed by atoms with Gasteiger partial charge in [0, 0.05) is 5.56 Å². The van der Waals surface area contributed by atoms with Crippen LogP contribution >= 0.6 is 0 Å². The monoisotopic (exact) mass is 300 g/mol. The van der Waals surface area contributed by atoms with E-state index in [2.05, 4.69) is 0 Å². The van der Waals surface area contributed by atoms with Crippen LogP contribution in [-0.4, -0.2) is 17.2 Å². The van der Waals surface area contributed by atoms with E-state index in [1.54, 1.807) is 12.1 Å². The Morgan fingerprint density at radius 2 is 1.77 bits per heavy atom. The molecule has 4 heteroatoms. The molecule has 0 saturated carbocycles. The van der Waals surface area contributed by atoms with E-state index in [0.717, 1.165) is 0 Å². The van der Waals surface area contributed by atoms with Crippen molar-refractivity contribution in [1.29, 1.82) is 0 Å². The summed E-state index contributed by atoms with van der Waals surface area (Å²) in [7, 11) is 0. The van der Waals surface area contributed by atoms with Crippen molar-refractivity contribution in [2.24, 2.45) is 0 Å². The summed E-state index contributed by atoms with van der Waals surface area (Å²) in [5.74, 6) is -0.874. The van der Waals surface area contributed by atoms with E-state index in [4.69, 9.17) is 4.74 Å². The summed E-state index contributed by atoms with van der Waals surface area (Å²) in [4.78, 5) is 11.5. The highest BCUT2D eigenvalue weighted by Crippen LogP contribution is 2.26. The lowest BCUT2D eigenvalue weighted by Crippen LogP contribution is -2.07. The van der Waals surface area contributed by atoms with Crippen LogP contribution in [0.15, 0.2) is 48.5 Å². The lowest BCUT2D eigenvalue weighted by Gasteiger charge is -2.13. The van der Waals surface area contributed by atoms with Gasteiger partial charge in [-0.05, 0) is 43.7 Å². The van der Waals surface area contributed by atoms with Crippen LogP contribution < -0.4 is 4.74 Å². The van der Waals surface area contributed by atoms with Gasteiger partial charge in [-0.2, -0.15) is 0 Å². The Hall–Kier alpha value is -2.62. The van der Waals surface area contributed by atoms with Crippen molar-refractivity contribution in [3.63, 3.8) is 0 Å². The molecule has 1 N–H and O–H groups in total. The molecule has 22 heavy (non-hydrogen) atoms. The predicted molar refractivity (Wildman–Crippen MR) is 84.1 cm³/mol. The van der Waals surface area contributed by atoms with Gasteiger partial charge in [-0.3, -0.25) is 0 Å². The van der Waals surface area contributed by atoms with Gasteiger partial charge in [0.1, 0.15) is 11.6 Å². The first-order valence-electron chi connectivity index (χ1n) is 6.94. The van der Waals surface area contributed by atoms with E-state index in [0.29, 0.717) is 16.9 Å². The Kier molecular flexibility index (Phi) is 4.94. The Morgan fingerprint density at radius 3 is 2.36 bits per heavy atom. The molecule has 0 radical (unpaired) electrons. The largest absolute Gasteiger partial charge is 0.490 e. The summed E-state index contributed by atoms with van der Waals surface area (Å²) < 4.78 is 18.7. The summed E-state index contributed by atoms with van der Waals surface area (Å²) in [5, 5.41) is 9.43. The molecule has 2 aromatic carbocycles. The van der Waals surface area contributed by atoms with Gasteiger partial charge in [0.05, 0.1) is 11.7 Å². The summed E-state index contributed by atoms with van der Waals surface area (Å²) in [6, 6.07) is 12.6. The van der Waals surface area contributed by atoms with Gasteiger partial charge in [0.25, 0.3) is 0 Å². The fourth-order valence-corrected chi connectivity index (χ4v) is 2.01. The molecule has 0 aromatic heterocycles. The van der Waals surface area contributed by atoms with Gasteiger partial charge in [-0.1, -0.05) is 30.3 Å². The summed E-state index contributed by atoms with van der Waals surface area (Å²) in [6.07, 6.45) is 1.52. The van der Waals surface area contributed by atoms with E-state index >= 15 is 0 Å². The first-order valence-corrected chi connectivity index (χ1v) is 6.94. The number of para-hydroxylation sites is 1. The number of ether oxygens (including phenoxy) is 1. The molecule has 0 bridgehead atoms. The van der Waals surface area contributed by atoms with Crippen molar-refractivity contribution in [1.82, 2.24) is 0 Å². The zero-order chi connectivity index (χ0) is 16.1. The second-order valence-corrected chi connectivity index (χ2v) is 5.07. The van der Waals surface area contributed by atoms with E-state index in [1.165, 1.54) is 30.3 Å². The van der Waals surface area contributed by atoms with Crippen molar-refractivity contribution >= 4 is 17.6 Å². The first kappa shape index (κ1) is 15.8. The molecule has 0 atom stereocenters. The normalized spacial score (nSPS) is 11.5. The third-order valence-electron chi connectivity index (χ3n) is 2.97. The minimum atomic E-state index is -1.08. The Balaban J connectivity index is 2.47. The fourth-order valence-electron chi connectivity index (χ4n) is 2.01. The standard InChI is InChI=1S/C18H17FO3/c1-12(2)22-17-6-4-3-5-14(17)11-16(18(20)21)13-7-9-15(19)10-8-13/h3-12H,1-2H3,(H,20,21)/b16-11-. The Morgan fingerprint density at radius 1 is 1.14 bits per heavy atom. The molecule has 0 fully saturated rings. The molecule has 0 aliphatic heterocycles. The molecular formula is C18H17FO3. The van der Waals surface area contributed by atoms with Crippen molar-refractivity contribution in [3.8, 4) is 5.75 Å². The molecule has 0 heterocycles. The molecule has 0 amide bonds. The fraction of sp³-hybridized carbons (Fsp3) is 0.167. The highest BCUT2D eigenvalue weighted by Gasteiger charge is 2.12. The molecule has 0 aliphatic carbocycles. The number of halogens is 1. The number of hydrogen-bond acceptors (Lipinski definition) is 2. The molecule has 3 nitrogen and oxygen atoms in total. The van der Waals surface area contributed by atoms with Crippen molar-refractivity contribution in [2.75, 3.05) is 0 Å². The average Bonchev–Trinajstić information content (AvgIpc) is 2.46. The highest BCUT2D eigenvalue weighted by atomic mass is 19.1. The van der Waals surface area contributed by atoms with Crippen LogP contribution in [0.1, 0.15) is 25.0 Å². The van der Waals surface area contributed by atoms with E-state index in [9.17, 15) is 14.3 Å². The van der Waals surface area contributed by atoms with Crippen molar-refractivity contribution in [3.05, 3.63) is 65.5 Å². The van der Waals surface area contributed by atoms with Crippen LogP contribution in [0.3, 0.4) is 0 Å². The van der Waals surface area contributed by atoms with Crippen molar-refractivity contribution < 1.29 is 19.0 Å². The minimum Gasteiger partial charge on any atom is -0.490 e. The number of aliphatic carboxylic acids is 1. The van der Waals surface area contributed by atoms with Gasteiger partial charge in [-0.25, -0.2) is 9.18 Å². The van der Waals surface area contributed by atoms with Gasteiger partial charge in [0.2, 0.25) is 0 Å². The Labute approximate surface area is 128 Å². The minimum absolute atomic E-state index is 0.0198. The molecule has 2 aromatic rings. The van der Waals surface area contributed by atoms with E-state index in [1.807, 2.05) is 26.0 Å². The first-order chi connectivity index (χ1) is 10.5. The van der Waals surface area contributed by atoms with Gasteiger partial charge in [-0.15, -0.1) is 0 Å². The number of carboxylic acid groups (broad SMARTS) is 1. The van der Waals surface area contributed by atoms with Crippen LogP contribution in [0.25, 0.3) is 11.6 Å². The molecule has 0 aliphatic rings. The SMILES string of the molecule is CC(C)Oc1ccccc1/C=C(\C(=O)O)c1ccc(F)cc1. The lowest BCUT2D eigenvalue weighted by molar-refractivity contribution is -0.130. The number of carboxylic acids is 1. The number of hydrogen-bond donors (Lipinski definition) is 1. The van der Waals surface area contributed by atoms with Crippen LogP contribution in [0, 0.1) is 5.82 Å². The van der Waals surface area contributed by atoms with Crippen LogP contribution in [-0.2, 0) is 4.79 Å². The molecular weight excluding hydrogens is 283 g/mol. The molecule has 0 unspecified atom stereocenters. The summed E-state index contributed by atoms with van der Waals surface area (Å²) >= 11 is 0. The predicted octanol–water partition coefficient (Wildman–Crippen LogP) is 4.24. The lowest BCUT2D eigenvalue weighted by atomic mass is 10.0. The zero-order valence-electron chi connectivity index (χ0n) is 12.4. The number of carbonyl (C=O) groups is 1.